The smallest absolute Gasteiger partial charge is 0.311 e. The minimum Gasteiger partial charge on any atom is -0.481 e. The Balaban J connectivity index is 2.72. The SMILES string of the molecule is CC(N)C(C)C(=O)N(C)C1COCC1C(=O)O. The Morgan fingerprint density at radius 1 is 1.41 bits per heavy atom. The molecule has 0 bridgehead atoms. The van der Waals surface area contributed by atoms with Crippen molar-refractivity contribution in [1.82, 2.24) is 4.90 Å². The molecule has 1 saturated heterocycles. The van der Waals surface area contributed by atoms with Crippen molar-refractivity contribution < 1.29 is 19.4 Å². The van der Waals surface area contributed by atoms with Gasteiger partial charge in [-0.2, -0.15) is 0 Å². The molecule has 0 aliphatic carbocycles. The van der Waals surface area contributed by atoms with Gasteiger partial charge in [0.25, 0.3) is 0 Å². The maximum Gasteiger partial charge on any atom is 0.311 e. The first-order valence-corrected chi connectivity index (χ1v) is 5.69. The summed E-state index contributed by atoms with van der Waals surface area (Å²) in [4.78, 5) is 24.5. The van der Waals surface area contributed by atoms with Crippen molar-refractivity contribution in [2.24, 2.45) is 17.6 Å². The third-order valence-electron chi connectivity index (χ3n) is 3.39. The monoisotopic (exact) mass is 244 g/mol. The fraction of sp³-hybridized carbons (Fsp3) is 0.818. The second-order valence-corrected chi connectivity index (χ2v) is 4.65. The molecule has 4 unspecified atom stereocenters. The highest BCUT2D eigenvalue weighted by Crippen LogP contribution is 2.21. The molecule has 0 aromatic carbocycles. The zero-order valence-electron chi connectivity index (χ0n) is 10.4. The predicted molar refractivity (Wildman–Crippen MR) is 61.3 cm³/mol. The van der Waals surface area contributed by atoms with Crippen LogP contribution in [0.15, 0.2) is 0 Å². The van der Waals surface area contributed by atoms with E-state index in [9.17, 15) is 9.59 Å². The summed E-state index contributed by atoms with van der Waals surface area (Å²) in [5.41, 5.74) is 5.67. The Bertz CT molecular complexity index is 306. The number of aliphatic carboxylic acids is 1. The Morgan fingerprint density at radius 3 is 2.47 bits per heavy atom. The number of nitrogens with zero attached hydrogens (tertiary/aromatic N) is 1. The first kappa shape index (κ1) is 13.9. The van der Waals surface area contributed by atoms with Gasteiger partial charge in [-0.25, -0.2) is 0 Å². The molecule has 6 heteroatoms. The van der Waals surface area contributed by atoms with E-state index in [-0.39, 0.29) is 31.1 Å². The van der Waals surface area contributed by atoms with E-state index in [0.717, 1.165) is 0 Å². The fourth-order valence-electron chi connectivity index (χ4n) is 1.87. The van der Waals surface area contributed by atoms with Crippen LogP contribution in [0.4, 0.5) is 0 Å². The molecule has 0 aromatic rings. The lowest BCUT2D eigenvalue weighted by Crippen LogP contribution is -2.48. The Labute approximate surface area is 101 Å². The lowest BCUT2D eigenvalue weighted by molar-refractivity contribution is -0.145. The third-order valence-corrected chi connectivity index (χ3v) is 3.39. The minimum atomic E-state index is -0.930. The fourth-order valence-corrected chi connectivity index (χ4v) is 1.87. The topological polar surface area (TPSA) is 92.9 Å². The Morgan fingerprint density at radius 2 is 2.00 bits per heavy atom. The van der Waals surface area contributed by atoms with Gasteiger partial charge in [0.05, 0.1) is 25.2 Å². The molecule has 1 fully saturated rings. The number of likely N-dealkylation sites (N-methyl/N-ethyl adjacent to an activating group) is 1. The number of carbonyl (C=O) groups excluding carboxylic acids is 1. The number of ether oxygens (including phenoxy) is 1. The number of rotatable bonds is 4. The van der Waals surface area contributed by atoms with Gasteiger partial charge >= 0.3 is 5.97 Å². The quantitative estimate of drug-likeness (QED) is 0.697. The first-order chi connectivity index (χ1) is 7.86. The van der Waals surface area contributed by atoms with Gasteiger partial charge in [-0.3, -0.25) is 9.59 Å². The molecule has 3 N–H and O–H groups in total. The van der Waals surface area contributed by atoms with Crippen LogP contribution < -0.4 is 5.73 Å². The van der Waals surface area contributed by atoms with Crippen LogP contribution in [-0.4, -0.2) is 54.2 Å². The van der Waals surface area contributed by atoms with Crippen LogP contribution in [0.25, 0.3) is 0 Å². The van der Waals surface area contributed by atoms with E-state index in [1.54, 1.807) is 20.9 Å². The van der Waals surface area contributed by atoms with Crippen LogP contribution >= 0.6 is 0 Å². The number of carboxylic acids is 1. The number of hydrogen-bond donors (Lipinski definition) is 2. The third kappa shape index (κ3) is 2.95. The molecule has 0 saturated carbocycles. The molecule has 17 heavy (non-hydrogen) atoms. The zero-order chi connectivity index (χ0) is 13.2. The summed E-state index contributed by atoms with van der Waals surface area (Å²) in [5.74, 6) is -2.04. The zero-order valence-corrected chi connectivity index (χ0v) is 10.4. The second-order valence-electron chi connectivity index (χ2n) is 4.65. The maximum absolute atomic E-state index is 12.0. The highest BCUT2D eigenvalue weighted by atomic mass is 16.5. The molecule has 1 rings (SSSR count). The molecule has 1 aliphatic rings. The second kappa shape index (κ2) is 5.46. The van der Waals surface area contributed by atoms with Gasteiger partial charge in [-0.15, -0.1) is 0 Å². The molecule has 1 amide bonds. The van der Waals surface area contributed by atoms with Crippen LogP contribution in [0.5, 0.6) is 0 Å². The standard InChI is InChI=1S/C11H20N2O4/c1-6(7(2)12)10(14)13(3)9-5-17-4-8(9)11(15)16/h6-9H,4-5,12H2,1-3H3,(H,15,16). The summed E-state index contributed by atoms with van der Waals surface area (Å²) in [7, 11) is 1.61. The lowest BCUT2D eigenvalue weighted by atomic mass is 9.98. The molecule has 6 nitrogen and oxygen atoms in total. The van der Waals surface area contributed by atoms with Crippen molar-refractivity contribution >= 4 is 11.9 Å². The van der Waals surface area contributed by atoms with Gasteiger partial charge in [0.15, 0.2) is 0 Å². The van der Waals surface area contributed by atoms with Gasteiger partial charge < -0.3 is 20.5 Å². The van der Waals surface area contributed by atoms with Crippen LogP contribution in [0, 0.1) is 11.8 Å². The molecular weight excluding hydrogens is 224 g/mol. The molecule has 98 valence electrons. The highest BCUT2D eigenvalue weighted by molar-refractivity contribution is 5.80. The summed E-state index contributed by atoms with van der Waals surface area (Å²) in [6, 6.07) is -0.656. The average Bonchev–Trinajstić information content (AvgIpc) is 2.74. The van der Waals surface area contributed by atoms with Crippen molar-refractivity contribution in [2.75, 3.05) is 20.3 Å². The van der Waals surface area contributed by atoms with Gasteiger partial charge in [0.2, 0.25) is 5.91 Å². The summed E-state index contributed by atoms with van der Waals surface area (Å²) < 4.78 is 5.14. The molecule has 0 aromatic heterocycles. The Kier molecular flexibility index (Phi) is 4.47. The van der Waals surface area contributed by atoms with E-state index in [1.807, 2.05) is 0 Å². The van der Waals surface area contributed by atoms with Crippen molar-refractivity contribution in [2.45, 2.75) is 25.9 Å². The van der Waals surface area contributed by atoms with E-state index in [0.29, 0.717) is 0 Å². The van der Waals surface area contributed by atoms with Gasteiger partial charge in [-0.1, -0.05) is 6.92 Å². The summed E-state index contributed by atoms with van der Waals surface area (Å²) >= 11 is 0. The number of nitrogens with two attached hydrogens (primary N) is 1. The van der Waals surface area contributed by atoms with Crippen molar-refractivity contribution in [3.8, 4) is 0 Å². The van der Waals surface area contributed by atoms with Crippen molar-refractivity contribution in [1.29, 1.82) is 0 Å². The highest BCUT2D eigenvalue weighted by Gasteiger charge is 2.39. The van der Waals surface area contributed by atoms with Crippen LogP contribution in [0.1, 0.15) is 13.8 Å². The minimum absolute atomic E-state index is 0.137. The lowest BCUT2D eigenvalue weighted by Gasteiger charge is -2.29. The van der Waals surface area contributed by atoms with Gasteiger partial charge in [-0.05, 0) is 6.92 Å². The first-order valence-electron chi connectivity index (χ1n) is 5.69. The summed E-state index contributed by atoms with van der Waals surface area (Å²) in [5, 5.41) is 9.02. The van der Waals surface area contributed by atoms with E-state index in [4.69, 9.17) is 15.6 Å². The van der Waals surface area contributed by atoms with Crippen molar-refractivity contribution in [3.63, 3.8) is 0 Å². The van der Waals surface area contributed by atoms with Gasteiger partial charge in [0.1, 0.15) is 5.92 Å². The van der Waals surface area contributed by atoms with Crippen LogP contribution in [0.2, 0.25) is 0 Å². The maximum atomic E-state index is 12.0. The largest absolute Gasteiger partial charge is 0.481 e. The average molecular weight is 244 g/mol. The Hall–Kier alpha value is -1.14. The number of hydrogen-bond acceptors (Lipinski definition) is 4. The van der Waals surface area contributed by atoms with E-state index in [1.165, 1.54) is 4.90 Å². The van der Waals surface area contributed by atoms with Crippen molar-refractivity contribution in [3.05, 3.63) is 0 Å². The molecule has 1 heterocycles. The summed E-state index contributed by atoms with van der Waals surface area (Å²) in [6.07, 6.45) is 0. The predicted octanol–water partition coefficient (Wildman–Crippen LogP) is -0.472. The van der Waals surface area contributed by atoms with Gasteiger partial charge in [0, 0.05) is 13.1 Å². The number of amides is 1. The molecular formula is C11H20N2O4. The molecule has 4 atom stereocenters. The van der Waals surface area contributed by atoms with E-state index in [2.05, 4.69) is 0 Å². The summed E-state index contributed by atoms with van der Waals surface area (Å²) in [6.45, 7) is 3.93. The number of carboxylic acid groups (broad SMARTS) is 1. The molecule has 1 aliphatic heterocycles. The normalized spacial score (nSPS) is 27.5. The van der Waals surface area contributed by atoms with E-state index < -0.39 is 17.9 Å². The molecule has 0 spiro atoms. The van der Waals surface area contributed by atoms with E-state index >= 15 is 0 Å². The molecule has 0 radical (unpaired) electrons. The van der Waals surface area contributed by atoms with Crippen LogP contribution in [-0.2, 0) is 14.3 Å². The number of carbonyl (C=O) groups is 2. The van der Waals surface area contributed by atoms with Crippen LogP contribution in [0.3, 0.4) is 0 Å².